The Hall–Kier alpha value is -3.15. The molecule has 2 rings (SSSR count). The summed E-state index contributed by atoms with van der Waals surface area (Å²) in [6.45, 7) is -0.0955. The summed E-state index contributed by atoms with van der Waals surface area (Å²) in [6, 6.07) is 14.9. The Morgan fingerprint density at radius 2 is 2.04 bits per heavy atom. The molecule has 26 heavy (non-hydrogen) atoms. The molecule has 0 saturated heterocycles. The number of nitrogens with one attached hydrogen (secondary N) is 1. The molecule has 2 N–H and O–H groups in total. The number of nitro groups is 1. The standard InChI is InChI=1S/C18H15N3O4S/c19-12-14(18(23)20-15-4-2-1-3-5-15)10-13-6-7-17(26-9-8-22)16(11-13)21(24)25/h1-7,10-11,22H,8-9H2,(H,20,23)/b14-10-. The van der Waals surface area contributed by atoms with Crippen LogP contribution >= 0.6 is 11.8 Å². The third-order valence-electron chi connectivity index (χ3n) is 3.24. The SMILES string of the molecule is N#C/C(=C/c1ccc(SCCO)c([N+](=O)[O-])c1)C(=O)Nc1ccccc1. The summed E-state index contributed by atoms with van der Waals surface area (Å²) >= 11 is 1.16. The van der Waals surface area contributed by atoms with Crippen molar-refractivity contribution in [2.24, 2.45) is 0 Å². The highest BCUT2D eigenvalue weighted by atomic mass is 32.2. The van der Waals surface area contributed by atoms with E-state index in [1.165, 1.54) is 18.2 Å². The van der Waals surface area contributed by atoms with Crippen LogP contribution in [0.4, 0.5) is 11.4 Å². The Morgan fingerprint density at radius 3 is 2.65 bits per heavy atom. The fourth-order valence-electron chi connectivity index (χ4n) is 2.08. The van der Waals surface area contributed by atoms with Crippen molar-refractivity contribution >= 4 is 35.1 Å². The van der Waals surface area contributed by atoms with E-state index in [4.69, 9.17) is 5.11 Å². The molecule has 0 heterocycles. The number of nitriles is 1. The molecule has 0 saturated carbocycles. The van der Waals surface area contributed by atoms with Gasteiger partial charge < -0.3 is 10.4 Å². The van der Waals surface area contributed by atoms with Crippen LogP contribution in [-0.4, -0.2) is 28.3 Å². The zero-order chi connectivity index (χ0) is 18.9. The fraction of sp³-hybridized carbons (Fsp3) is 0.111. The summed E-state index contributed by atoms with van der Waals surface area (Å²) in [4.78, 5) is 23.3. The topological polar surface area (TPSA) is 116 Å². The lowest BCUT2D eigenvalue weighted by atomic mass is 10.1. The van der Waals surface area contributed by atoms with Crippen molar-refractivity contribution in [3.63, 3.8) is 0 Å². The van der Waals surface area contributed by atoms with Crippen LogP contribution in [0.5, 0.6) is 0 Å². The van der Waals surface area contributed by atoms with Gasteiger partial charge in [-0.3, -0.25) is 14.9 Å². The number of para-hydroxylation sites is 1. The van der Waals surface area contributed by atoms with Crippen LogP contribution in [0.1, 0.15) is 5.56 Å². The zero-order valence-corrected chi connectivity index (χ0v) is 14.4. The molecule has 1 amide bonds. The van der Waals surface area contributed by atoms with Gasteiger partial charge >= 0.3 is 0 Å². The molecule has 0 fully saturated rings. The molecule has 2 aromatic rings. The summed E-state index contributed by atoms with van der Waals surface area (Å²) in [7, 11) is 0. The highest BCUT2D eigenvalue weighted by molar-refractivity contribution is 7.99. The van der Waals surface area contributed by atoms with Crippen molar-refractivity contribution in [2.75, 3.05) is 17.7 Å². The monoisotopic (exact) mass is 369 g/mol. The summed E-state index contributed by atoms with van der Waals surface area (Å²) < 4.78 is 0. The van der Waals surface area contributed by atoms with E-state index in [1.54, 1.807) is 36.4 Å². The summed E-state index contributed by atoms with van der Waals surface area (Å²) in [6.07, 6.45) is 1.30. The van der Waals surface area contributed by atoms with Gasteiger partial charge in [0.1, 0.15) is 11.6 Å². The molecule has 132 valence electrons. The van der Waals surface area contributed by atoms with E-state index >= 15 is 0 Å². The molecular formula is C18H15N3O4S. The summed E-state index contributed by atoms with van der Waals surface area (Å²) in [5.41, 5.74) is 0.599. The van der Waals surface area contributed by atoms with Gasteiger partial charge in [0.15, 0.2) is 0 Å². The first-order chi connectivity index (χ1) is 12.5. The van der Waals surface area contributed by atoms with Gasteiger partial charge in [-0.25, -0.2) is 0 Å². The lowest BCUT2D eigenvalue weighted by Crippen LogP contribution is -2.13. The number of anilines is 1. The second-order valence-corrected chi connectivity index (χ2v) is 6.18. The minimum Gasteiger partial charge on any atom is -0.396 e. The minimum atomic E-state index is -0.597. The second kappa shape index (κ2) is 9.36. The number of nitro benzene ring substituents is 1. The van der Waals surface area contributed by atoms with Crippen molar-refractivity contribution in [1.82, 2.24) is 0 Å². The van der Waals surface area contributed by atoms with Gasteiger partial charge in [0.25, 0.3) is 11.6 Å². The van der Waals surface area contributed by atoms with Crippen LogP contribution in [-0.2, 0) is 4.79 Å². The Labute approximate surface area is 154 Å². The highest BCUT2D eigenvalue weighted by Crippen LogP contribution is 2.30. The summed E-state index contributed by atoms with van der Waals surface area (Å²) in [5, 5.41) is 31.9. The Kier molecular flexibility index (Phi) is 6.91. The quantitative estimate of drug-likeness (QED) is 0.254. The Morgan fingerprint density at radius 1 is 1.31 bits per heavy atom. The van der Waals surface area contributed by atoms with Crippen molar-refractivity contribution < 1.29 is 14.8 Å². The number of nitrogens with zero attached hydrogens (tertiary/aromatic N) is 2. The molecule has 0 spiro atoms. The van der Waals surface area contributed by atoms with E-state index < -0.39 is 10.8 Å². The molecule has 0 bridgehead atoms. The molecule has 8 heteroatoms. The fourth-order valence-corrected chi connectivity index (χ4v) is 2.84. The zero-order valence-electron chi connectivity index (χ0n) is 13.6. The number of thioether (sulfide) groups is 1. The van der Waals surface area contributed by atoms with Crippen molar-refractivity contribution in [3.05, 3.63) is 69.8 Å². The number of benzene rings is 2. The van der Waals surface area contributed by atoms with Crippen molar-refractivity contribution in [3.8, 4) is 6.07 Å². The number of aliphatic hydroxyl groups is 1. The first-order valence-electron chi connectivity index (χ1n) is 7.55. The van der Waals surface area contributed by atoms with Gasteiger partial charge in [-0.15, -0.1) is 11.8 Å². The molecule has 2 aromatic carbocycles. The number of hydrogen-bond donors (Lipinski definition) is 2. The van der Waals surface area contributed by atoms with Gasteiger partial charge in [0, 0.05) is 17.5 Å². The smallest absolute Gasteiger partial charge is 0.283 e. The number of carbonyl (C=O) groups excluding carboxylic acids is 1. The van der Waals surface area contributed by atoms with Crippen LogP contribution in [0, 0.1) is 21.4 Å². The van der Waals surface area contributed by atoms with Crippen LogP contribution in [0.25, 0.3) is 6.08 Å². The number of hydrogen-bond acceptors (Lipinski definition) is 6. The van der Waals surface area contributed by atoms with Crippen LogP contribution in [0.3, 0.4) is 0 Å². The van der Waals surface area contributed by atoms with E-state index in [9.17, 15) is 20.2 Å². The van der Waals surface area contributed by atoms with Gasteiger partial charge in [-0.05, 0) is 29.8 Å². The van der Waals surface area contributed by atoms with E-state index in [2.05, 4.69) is 5.32 Å². The first kappa shape index (κ1) is 19.2. The molecule has 0 aliphatic carbocycles. The molecule has 0 unspecified atom stereocenters. The first-order valence-corrected chi connectivity index (χ1v) is 8.54. The predicted molar refractivity (Wildman–Crippen MR) is 99.6 cm³/mol. The number of aliphatic hydroxyl groups excluding tert-OH is 1. The Bertz CT molecular complexity index is 876. The van der Waals surface area contributed by atoms with E-state index in [-0.39, 0.29) is 17.9 Å². The van der Waals surface area contributed by atoms with E-state index in [0.29, 0.717) is 21.9 Å². The van der Waals surface area contributed by atoms with Gasteiger partial charge in [0.05, 0.1) is 16.4 Å². The van der Waals surface area contributed by atoms with E-state index in [0.717, 1.165) is 11.8 Å². The Balaban J connectivity index is 2.27. The number of carbonyl (C=O) groups is 1. The minimum absolute atomic E-state index is 0.0955. The molecule has 0 aliphatic rings. The third kappa shape index (κ3) is 5.17. The van der Waals surface area contributed by atoms with Crippen molar-refractivity contribution in [2.45, 2.75) is 4.90 Å². The van der Waals surface area contributed by atoms with Crippen LogP contribution < -0.4 is 5.32 Å². The lowest BCUT2D eigenvalue weighted by molar-refractivity contribution is -0.387. The maximum absolute atomic E-state index is 12.2. The predicted octanol–water partition coefficient (Wildman–Crippen LogP) is 3.22. The largest absolute Gasteiger partial charge is 0.396 e. The molecule has 0 aromatic heterocycles. The maximum atomic E-state index is 12.2. The third-order valence-corrected chi connectivity index (χ3v) is 4.28. The molecule has 0 atom stereocenters. The second-order valence-electron chi connectivity index (χ2n) is 5.05. The number of rotatable bonds is 7. The number of amides is 1. The molecular weight excluding hydrogens is 354 g/mol. The van der Waals surface area contributed by atoms with E-state index in [1.807, 2.05) is 6.07 Å². The average Bonchev–Trinajstić information content (AvgIpc) is 2.65. The van der Waals surface area contributed by atoms with Crippen LogP contribution in [0.2, 0.25) is 0 Å². The normalized spacial score (nSPS) is 10.8. The van der Waals surface area contributed by atoms with Crippen molar-refractivity contribution in [1.29, 1.82) is 5.26 Å². The molecule has 0 radical (unpaired) electrons. The lowest BCUT2D eigenvalue weighted by Gasteiger charge is -2.05. The van der Waals surface area contributed by atoms with Gasteiger partial charge in [-0.1, -0.05) is 24.3 Å². The molecule has 7 nitrogen and oxygen atoms in total. The summed E-state index contributed by atoms with van der Waals surface area (Å²) in [5.74, 6) is -0.265. The average molecular weight is 369 g/mol. The highest BCUT2D eigenvalue weighted by Gasteiger charge is 2.16. The maximum Gasteiger partial charge on any atom is 0.283 e. The molecule has 0 aliphatic heterocycles. The van der Waals surface area contributed by atoms with Gasteiger partial charge in [0.2, 0.25) is 0 Å². The van der Waals surface area contributed by atoms with Gasteiger partial charge in [-0.2, -0.15) is 5.26 Å². The van der Waals surface area contributed by atoms with Crippen LogP contribution in [0.15, 0.2) is 59.0 Å².